The summed E-state index contributed by atoms with van der Waals surface area (Å²) in [6.45, 7) is 4.59. The van der Waals surface area contributed by atoms with Crippen molar-refractivity contribution in [3.8, 4) is 0 Å². The van der Waals surface area contributed by atoms with Crippen LogP contribution in [-0.2, 0) is 17.8 Å². The van der Waals surface area contributed by atoms with Crippen LogP contribution in [0, 0.1) is 0 Å². The van der Waals surface area contributed by atoms with E-state index in [0.29, 0.717) is 6.61 Å². The average Bonchev–Trinajstić information content (AvgIpc) is 2.50. The smallest absolute Gasteiger partial charge is 0.0755 e. The number of pyridine rings is 1. The van der Waals surface area contributed by atoms with Crippen LogP contribution in [-0.4, -0.2) is 32.2 Å². The third kappa shape index (κ3) is 2.68. The van der Waals surface area contributed by atoms with E-state index in [-0.39, 0.29) is 0 Å². The number of benzene rings is 1. The van der Waals surface area contributed by atoms with Crippen molar-refractivity contribution in [1.29, 1.82) is 0 Å². The Kier molecular flexibility index (Phi) is 3.97. The van der Waals surface area contributed by atoms with Gasteiger partial charge in [0.2, 0.25) is 0 Å². The third-order valence-corrected chi connectivity index (χ3v) is 3.95. The molecule has 1 aromatic carbocycles. The van der Waals surface area contributed by atoms with E-state index in [1.165, 1.54) is 28.0 Å². The molecule has 3 rings (SSSR count). The van der Waals surface area contributed by atoms with Crippen molar-refractivity contribution in [2.24, 2.45) is 0 Å². The van der Waals surface area contributed by atoms with Gasteiger partial charge in [-0.15, -0.1) is 0 Å². The van der Waals surface area contributed by atoms with Gasteiger partial charge in [0, 0.05) is 43.7 Å². The second kappa shape index (κ2) is 5.90. The van der Waals surface area contributed by atoms with Crippen molar-refractivity contribution < 1.29 is 4.74 Å². The second-order valence-electron chi connectivity index (χ2n) is 5.74. The predicted octanol–water partition coefficient (Wildman–Crippen LogP) is 3.20. The molecular formula is C17H23N3O. The van der Waals surface area contributed by atoms with Gasteiger partial charge in [-0.05, 0) is 24.6 Å². The summed E-state index contributed by atoms with van der Waals surface area (Å²) >= 11 is 0. The lowest BCUT2D eigenvalue weighted by molar-refractivity contribution is 0.110. The minimum atomic E-state index is 0.663. The van der Waals surface area contributed by atoms with Crippen molar-refractivity contribution in [2.45, 2.75) is 26.4 Å². The molecule has 0 fully saturated rings. The fourth-order valence-electron chi connectivity index (χ4n) is 2.78. The molecule has 1 N–H and O–H groups in total. The molecule has 0 amide bonds. The first kappa shape index (κ1) is 14.1. The minimum Gasteiger partial charge on any atom is -0.384 e. The van der Waals surface area contributed by atoms with Crippen LogP contribution in [0.2, 0.25) is 0 Å². The van der Waals surface area contributed by atoms with Gasteiger partial charge in [-0.3, -0.25) is 4.98 Å². The van der Waals surface area contributed by atoms with Gasteiger partial charge in [0.15, 0.2) is 0 Å². The van der Waals surface area contributed by atoms with Gasteiger partial charge in [0.1, 0.15) is 0 Å². The summed E-state index contributed by atoms with van der Waals surface area (Å²) in [7, 11) is 4.13. The summed E-state index contributed by atoms with van der Waals surface area (Å²) in [6.07, 6.45) is 2.01. The number of fused-ring (bicyclic) bond motifs is 2. The Hall–Kier alpha value is -1.81. The van der Waals surface area contributed by atoms with E-state index >= 15 is 0 Å². The number of hydrogen-bond donors (Lipinski definition) is 1. The molecule has 0 atom stereocenters. The molecule has 0 saturated heterocycles. The van der Waals surface area contributed by atoms with Crippen LogP contribution < -0.4 is 10.2 Å². The lowest BCUT2D eigenvalue weighted by Gasteiger charge is -2.23. The van der Waals surface area contributed by atoms with Gasteiger partial charge < -0.3 is 15.0 Å². The Bertz CT molecular complexity index is 652. The van der Waals surface area contributed by atoms with Crippen molar-refractivity contribution in [3.05, 3.63) is 29.5 Å². The summed E-state index contributed by atoms with van der Waals surface area (Å²) in [4.78, 5) is 6.97. The average molecular weight is 285 g/mol. The van der Waals surface area contributed by atoms with Crippen LogP contribution in [0.5, 0.6) is 0 Å². The summed E-state index contributed by atoms with van der Waals surface area (Å²) in [5.74, 6) is 0. The van der Waals surface area contributed by atoms with E-state index in [2.05, 4.69) is 49.4 Å². The van der Waals surface area contributed by atoms with E-state index in [1.807, 2.05) is 0 Å². The van der Waals surface area contributed by atoms with Crippen LogP contribution in [0.15, 0.2) is 18.2 Å². The monoisotopic (exact) mass is 285 g/mol. The highest BCUT2D eigenvalue weighted by Gasteiger charge is 2.18. The quantitative estimate of drug-likeness (QED) is 0.936. The molecule has 21 heavy (non-hydrogen) atoms. The molecule has 112 valence electrons. The third-order valence-electron chi connectivity index (χ3n) is 3.95. The summed E-state index contributed by atoms with van der Waals surface area (Å²) in [5.41, 5.74) is 5.89. The predicted molar refractivity (Wildman–Crippen MR) is 88.2 cm³/mol. The largest absolute Gasteiger partial charge is 0.384 e. The molecule has 0 spiro atoms. The fraction of sp³-hybridized carbons (Fsp3) is 0.471. The Labute approximate surface area is 126 Å². The number of ether oxygens (including phenoxy) is 1. The van der Waals surface area contributed by atoms with Gasteiger partial charge in [0.05, 0.1) is 30.1 Å². The summed E-state index contributed by atoms with van der Waals surface area (Å²) in [5, 5.41) is 4.79. The lowest BCUT2D eigenvalue weighted by atomic mass is 10.0. The Morgan fingerprint density at radius 2 is 2.19 bits per heavy atom. The number of aromatic nitrogens is 1. The van der Waals surface area contributed by atoms with Crippen LogP contribution >= 0.6 is 0 Å². The minimum absolute atomic E-state index is 0.663. The summed E-state index contributed by atoms with van der Waals surface area (Å²) in [6, 6.07) is 6.47. The Balaban J connectivity index is 2.20. The SMILES string of the molecule is CCCNc1c2c(nc3ccc(N(C)C)cc13)CCOC2. The highest BCUT2D eigenvalue weighted by molar-refractivity contribution is 5.95. The van der Waals surface area contributed by atoms with Crippen LogP contribution in [0.25, 0.3) is 10.9 Å². The number of rotatable bonds is 4. The zero-order valence-corrected chi connectivity index (χ0v) is 13.1. The maximum Gasteiger partial charge on any atom is 0.0755 e. The van der Waals surface area contributed by atoms with Crippen molar-refractivity contribution in [3.63, 3.8) is 0 Å². The summed E-state index contributed by atoms with van der Waals surface area (Å²) < 4.78 is 5.65. The standard InChI is InChI=1S/C17H23N3O/c1-4-8-18-17-13-10-12(20(2)3)5-6-15(13)19-16-7-9-21-11-14(16)17/h5-6,10H,4,7-9,11H2,1-3H3,(H,18,19). The highest BCUT2D eigenvalue weighted by Crippen LogP contribution is 2.33. The highest BCUT2D eigenvalue weighted by atomic mass is 16.5. The maximum absolute atomic E-state index is 5.65. The molecule has 0 unspecified atom stereocenters. The van der Waals surface area contributed by atoms with Crippen molar-refractivity contribution in [1.82, 2.24) is 4.98 Å². The second-order valence-corrected chi connectivity index (χ2v) is 5.74. The molecule has 1 aliphatic rings. The van der Waals surface area contributed by atoms with E-state index in [4.69, 9.17) is 9.72 Å². The molecule has 0 aliphatic carbocycles. The molecule has 1 aromatic heterocycles. The molecule has 4 nitrogen and oxygen atoms in total. The number of nitrogens with one attached hydrogen (secondary N) is 1. The fourth-order valence-corrected chi connectivity index (χ4v) is 2.78. The Morgan fingerprint density at radius 3 is 2.95 bits per heavy atom. The first-order chi connectivity index (χ1) is 10.2. The van der Waals surface area contributed by atoms with E-state index < -0.39 is 0 Å². The molecular weight excluding hydrogens is 262 g/mol. The van der Waals surface area contributed by atoms with Gasteiger partial charge in [-0.1, -0.05) is 6.92 Å². The normalized spacial score (nSPS) is 14.0. The van der Waals surface area contributed by atoms with E-state index in [0.717, 1.165) is 31.5 Å². The first-order valence-corrected chi connectivity index (χ1v) is 7.65. The molecule has 1 aliphatic heterocycles. The van der Waals surface area contributed by atoms with Gasteiger partial charge in [-0.25, -0.2) is 0 Å². The maximum atomic E-state index is 5.65. The molecule has 2 aromatic rings. The molecule has 0 bridgehead atoms. The van der Waals surface area contributed by atoms with Crippen LogP contribution in [0.1, 0.15) is 24.6 Å². The van der Waals surface area contributed by atoms with E-state index in [9.17, 15) is 0 Å². The van der Waals surface area contributed by atoms with Gasteiger partial charge >= 0.3 is 0 Å². The topological polar surface area (TPSA) is 37.4 Å². The zero-order chi connectivity index (χ0) is 14.8. The van der Waals surface area contributed by atoms with Crippen LogP contribution in [0.3, 0.4) is 0 Å². The van der Waals surface area contributed by atoms with Gasteiger partial charge in [0.25, 0.3) is 0 Å². The number of nitrogens with zero attached hydrogens (tertiary/aromatic N) is 2. The lowest BCUT2D eigenvalue weighted by Crippen LogP contribution is -2.16. The first-order valence-electron chi connectivity index (χ1n) is 7.65. The number of hydrogen-bond acceptors (Lipinski definition) is 4. The Morgan fingerprint density at radius 1 is 1.33 bits per heavy atom. The molecule has 0 radical (unpaired) electrons. The molecule has 4 heteroatoms. The number of anilines is 2. The van der Waals surface area contributed by atoms with Crippen molar-refractivity contribution >= 4 is 22.3 Å². The molecule has 0 saturated carbocycles. The zero-order valence-electron chi connectivity index (χ0n) is 13.1. The van der Waals surface area contributed by atoms with Crippen LogP contribution in [0.4, 0.5) is 11.4 Å². The molecule has 2 heterocycles. The van der Waals surface area contributed by atoms with E-state index in [1.54, 1.807) is 0 Å². The van der Waals surface area contributed by atoms with Gasteiger partial charge in [-0.2, -0.15) is 0 Å². The van der Waals surface area contributed by atoms with Crippen molar-refractivity contribution in [2.75, 3.05) is 37.5 Å².